The van der Waals surface area contributed by atoms with Gasteiger partial charge in [0.2, 0.25) is 0 Å². The first-order chi connectivity index (χ1) is 10.8. The molecule has 0 unspecified atom stereocenters. The highest BCUT2D eigenvalue weighted by atomic mass is 16.7. The van der Waals surface area contributed by atoms with Crippen LogP contribution in [-0.4, -0.2) is 115 Å². The van der Waals surface area contributed by atoms with Gasteiger partial charge in [-0.15, -0.1) is 0 Å². The molecule has 11 heteroatoms. The molecule has 8 N–H and O–H groups in total. The van der Waals surface area contributed by atoms with E-state index in [9.17, 15) is 35.7 Å². The Balaban J connectivity index is 1.94. The number of hydrogen-bond acceptors (Lipinski definition) is 11. The molecule has 0 radical (unpaired) electrons. The fraction of sp³-hybridized carbons (Fsp3) is 1.00. The maximum atomic E-state index is 9.78. The molecule has 10 atom stereocenters. The van der Waals surface area contributed by atoms with Crippen LogP contribution in [0.2, 0.25) is 0 Å². The van der Waals surface area contributed by atoms with Crippen LogP contribution < -0.4 is 0 Å². The molecule has 0 saturated carbocycles. The Morgan fingerprint density at radius 3 is 1.83 bits per heavy atom. The molecule has 0 bridgehead atoms. The molecule has 2 aliphatic rings. The van der Waals surface area contributed by atoms with Crippen LogP contribution in [0.4, 0.5) is 0 Å². The van der Waals surface area contributed by atoms with Crippen molar-refractivity contribution in [1.29, 1.82) is 0 Å². The lowest BCUT2D eigenvalue weighted by Crippen LogP contribution is -2.61. The Labute approximate surface area is 130 Å². The van der Waals surface area contributed by atoms with Gasteiger partial charge < -0.3 is 55.1 Å². The molecule has 136 valence electrons. The minimum absolute atomic E-state index is 0.468. The molecule has 2 fully saturated rings. The van der Waals surface area contributed by atoms with Crippen molar-refractivity contribution in [2.75, 3.05) is 13.2 Å². The van der Waals surface area contributed by atoms with Crippen molar-refractivity contribution in [3.8, 4) is 0 Å². The lowest BCUT2D eigenvalue weighted by atomic mass is 9.98. The average molecular weight is 342 g/mol. The van der Waals surface area contributed by atoms with E-state index < -0.39 is 74.6 Å². The number of aliphatic hydroxyl groups is 8. The van der Waals surface area contributed by atoms with Crippen molar-refractivity contribution in [2.24, 2.45) is 0 Å². The normalized spacial score (nSPS) is 51.7. The lowest BCUT2D eigenvalue weighted by Gasteiger charge is -2.41. The van der Waals surface area contributed by atoms with Crippen molar-refractivity contribution in [2.45, 2.75) is 61.4 Å². The van der Waals surface area contributed by atoms with Crippen LogP contribution in [0.1, 0.15) is 0 Å². The van der Waals surface area contributed by atoms with Gasteiger partial charge in [0.05, 0.1) is 13.2 Å². The van der Waals surface area contributed by atoms with E-state index in [1.165, 1.54) is 0 Å². The maximum Gasteiger partial charge on any atom is 0.186 e. The van der Waals surface area contributed by atoms with Crippen molar-refractivity contribution in [3.63, 3.8) is 0 Å². The summed E-state index contributed by atoms with van der Waals surface area (Å²) in [6.45, 7) is -1.10. The Morgan fingerprint density at radius 1 is 0.652 bits per heavy atom. The first kappa shape index (κ1) is 18.9. The summed E-state index contributed by atoms with van der Waals surface area (Å²) in [5.74, 6) is 0. The van der Waals surface area contributed by atoms with Crippen molar-refractivity contribution >= 4 is 0 Å². The second-order valence-corrected chi connectivity index (χ2v) is 5.57. The van der Waals surface area contributed by atoms with E-state index in [0.29, 0.717) is 0 Å². The predicted molar refractivity (Wildman–Crippen MR) is 68.6 cm³/mol. The molecule has 0 aromatic rings. The lowest BCUT2D eigenvalue weighted by molar-refractivity contribution is -0.325. The van der Waals surface area contributed by atoms with E-state index in [2.05, 4.69) is 0 Å². The molecule has 11 nitrogen and oxygen atoms in total. The fourth-order valence-corrected chi connectivity index (χ4v) is 2.46. The minimum atomic E-state index is -1.74. The zero-order chi connectivity index (χ0) is 17.3. The number of hydrogen-bond donors (Lipinski definition) is 8. The van der Waals surface area contributed by atoms with Crippen LogP contribution in [0.3, 0.4) is 0 Å². The van der Waals surface area contributed by atoms with Gasteiger partial charge >= 0.3 is 0 Å². The summed E-state index contributed by atoms with van der Waals surface area (Å²) in [5, 5.41) is 76.1. The van der Waals surface area contributed by atoms with E-state index in [1.807, 2.05) is 0 Å². The Kier molecular flexibility index (Phi) is 6.27. The van der Waals surface area contributed by atoms with Gasteiger partial charge in [-0.25, -0.2) is 0 Å². The third-order valence-electron chi connectivity index (χ3n) is 3.96. The van der Waals surface area contributed by atoms with Gasteiger partial charge in [-0.3, -0.25) is 0 Å². The van der Waals surface area contributed by atoms with Gasteiger partial charge in [-0.1, -0.05) is 0 Å². The number of aliphatic hydroxyl groups excluding tert-OH is 8. The Morgan fingerprint density at radius 2 is 1.22 bits per heavy atom. The fourth-order valence-electron chi connectivity index (χ4n) is 2.46. The molecular formula is C12H22O11. The van der Waals surface area contributed by atoms with Crippen LogP contribution in [0, 0.1) is 0 Å². The van der Waals surface area contributed by atoms with Gasteiger partial charge in [-0.05, 0) is 0 Å². The summed E-state index contributed by atoms with van der Waals surface area (Å²) in [6, 6.07) is 0. The standard InChI is InChI=1S/C12H22O11/c13-1-3-5(14)8(17)10(19)12(23-3)21-2-4-6(15)7(16)9(18)11(20)22-4/h3-20H,1-2H2/t3-,4-,5-,6-,7+,8+,9+,10+,11+,12+/m0/s1. The first-order valence-corrected chi connectivity index (χ1v) is 7.07. The first-order valence-electron chi connectivity index (χ1n) is 7.07. The third kappa shape index (κ3) is 3.81. The zero-order valence-corrected chi connectivity index (χ0v) is 12.0. The van der Waals surface area contributed by atoms with Crippen molar-refractivity contribution in [1.82, 2.24) is 0 Å². The molecule has 23 heavy (non-hydrogen) atoms. The second kappa shape index (κ2) is 7.63. The van der Waals surface area contributed by atoms with Gasteiger partial charge in [0.25, 0.3) is 0 Å². The van der Waals surface area contributed by atoms with Gasteiger partial charge in [0.1, 0.15) is 48.8 Å². The van der Waals surface area contributed by atoms with E-state index in [1.54, 1.807) is 0 Å². The Bertz CT molecular complexity index is 380. The largest absolute Gasteiger partial charge is 0.394 e. The molecule has 2 saturated heterocycles. The predicted octanol–water partition coefficient (Wildman–Crippen LogP) is -5.40. The maximum absolute atomic E-state index is 9.78. The third-order valence-corrected chi connectivity index (χ3v) is 3.96. The number of ether oxygens (including phenoxy) is 3. The molecule has 2 aliphatic heterocycles. The molecule has 0 spiro atoms. The topological polar surface area (TPSA) is 190 Å². The monoisotopic (exact) mass is 342 g/mol. The summed E-state index contributed by atoms with van der Waals surface area (Å²) >= 11 is 0. The summed E-state index contributed by atoms with van der Waals surface area (Å²) in [4.78, 5) is 0. The van der Waals surface area contributed by atoms with Crippen LogP contribution in [0.5, 0.6) is 0 Å². The second-order valence-electron chi connectivity index (χ2n) is 5.57. The van der Waals surface area contributed by atoms with E-state index in [0.717, 1.165) is 0 Å². The van der Waals surface area contributed by atoms with Gasteiger partial charge in [-0.2, -0.15) is 0 Å². The minimum Gasteiger partial charge on any atom is -0.394 e. The molecule has 0 amide bonds. The smallest absolute Gasteiger partial charge is 0.186 e. The van der Waals surface area contributed by atoms with Crippen LogP contribution in [0.15, 0.2) is 0 Å². The summed E-state index contributed by atoms with van der Waals surface area (Å²) in [7, 11) is 0. The van der Waals surface area contributed by atoms with Crippen LogP contribution >= 0.6 is 0 Å². The zero-order valence-electron chi connectivity index (χ0n) is 12.0. The van der Waals surface area contributed by atoms with E-state index in [-0.39, 0.29) is 0 Å². The van der Waals surface area contributed by atoms with Crippen LogP contribution in [0.25, 0.3) is 0 Å². The van der Waals surface area contributed by atoms with Crippen molar-refractivity contribution < 1.29 is 55.1 Å². The highest BCUT2D eigenvalue weighted by Crippen LogP contribution is 2.24. The SMILES string of the molecule is OC[C@@H]1O[C@@H](OC[C@@H]2O[C@@H](O)[C@H](O)[C@H](O)[C@H]2O)[C@H](O)[C@H](O)[C@H]1O. The molecule has 0 aliphatic carbocycles. The summed E-state index contributed by atoms with van der Waals surface area (Å²) < 4.78 is 15.1. The number of rotatable bonds is 4. The average Bonchev–Trinajstić information content (AvgIpc) is 2.54. The highest BCUT2D eigenvalue weighted by molar-refractivity contribution is 4.91. The highest BCUT2D eigenvalue weighted by Gasteiger charge is 2.46. The molecular weight excluding hydrogens is 320 g/mol. The molecule has 0 aromatic heterocycles. The molecule has 2 rings (SSSR count). The quantitative estimate of drug-likeness (QED) is 0.243. The Hall–Kier alpha value is -0.440. The van der Waals surface area contributed by atoms with Gasteiger partial charge in [0.15, 0.2) is 12.6 Å². The summed E-state index contributed by atoms with van der Waals surface area (Å²) in [6.07, 6.45) is -15.3. The van der Waals surface area contributed by atoms with Crippen LogP contribution in [-0.2, 0) is 14.2 Å². The van der Waals surface area contributed by atoms with Gasteiger partial charge in [0, 0.05) is 0 Å². The van der Waals surface area contributed by atoms with E-state index >= 15 is 0 Å². The molecule has 0 aromatic carbocycles. The van der Waals surface area contributed by atoms with Crippen molar-refractivity contribution in [3.05, 3.63) is 0 Å². The summed E-state index contributed by atoms with van der Waals surface area (Å²) in [5.41, 5.74) is 0. The molecule has 2 heterocycles. The van der Waals surface area contributed by atoms with E-state index in [4.69, 9.17) is 19.3 Å².